The molecule has 0 spiro atoms. The molecule has 0 saturated carbocycles. The van der Waals surface area contributed by atoms with E-state index in [1.54, 1.807) is 0 Å². The molecule has 2 rings (SSSR count). The number of hydrogen-bond donors (Lipinski definition) is 0. The summed E-state index contributed by atoms with van der Waals surface area (Å²) in [6.45, 7) is -0.407. The fourth-order valence-corrected chi connectivity index (χ4v) is 1.95. The van der Waals surface area contributed by atoms with Crippen molar-refractivity contribution >= 4 is 29.0 Å². The van der Waals surface area contributed by atoms with E-state index >= 15 is 0 Å². The summed E-state index contributed by atoms with van der Waals surface area (Å²) in [7, 11) is 1.35. The quantitative estimate of drug-likeness (QED) is 0.808. The lowest BCUT2D eigenvalue weighted by Crippen LogP contribution is -2.27. The van der Waals surface area contributed by atoms with Crippen LogP contribution < -0.4 is 10.3 Å². The van der Waals surface area contributed by atoms with Gasteiger partial charge in [0.2, 0.25) is 0 Å². The minimum Gasteiger partial charge on any atom is -0.496 e. The first-order chi connectivity index (χ1) is 9.93. The van der Waals surface area contributed by atoms with Crippen LogP contribution in [0.25, 0.3) is 0 Å². The van der Waals surface area contributed by atoms with Crippen molar-refractivity contribution in [2.45, 2.75) is 6.54 Å². The second-order valence-corrected chi connectivity index (χ2v) is 4.82. The van der Waals surface area contributed by atoms with Gasteiger partial charge in [-0.05, 0) is 18.2 Å². The lowest BCUT2D eigenvalue weighted by atomic mass is 10.1. The summed E-state index contributed by atoms with van der Waals surface area (Å²) < 4.78 is 19.1. The summed E-state index contributed by atoms with van der Waals surface area (Å²) in [5.74, 6) is -0.928. The smallest absolute Gasteiger partial charge is 0.287 e. The Labute approximate surface area is 128 Å². The predicted octanol–water partition coefficient (Wildman–Crippen LogP) is 2.58. The monoisotopic (exact) mass is 330 g/mol. The van der Waals surface area contributed by atoms with Crippen molar-refractivity contribution in [3.8, 4) is 5.75 Å². The summed E-state index contributed by atoms with van der Waals surface area (Å²) in [4.78, 5) is 24.0. The van der Waals surface area contributed by atoms with Gasteiger partial charge in [0.15, 0.2) is 5.78 Å². The lowest BCUT2D eigenvalue weighted by molar-refractivity contribution is 0.0962. The molecule has 0 N–H and O–H groups in total. The Morgan fingerprint density at radius 3 is 2.81 bits per heavy atom. The topological polar surface area (TPSA) is 61.2 Å². The van der Waals surface area contributed by atoms with E-state index in [1.165, 1.54) is 19.2 Å². The Kier molecular flexibility index (Phi) is 4.59. The van der Waals surface area contributed by atoms with Gasteiger partial charge >= 0.3 is 0 Å². The molecule has 21 heavy (non-hydrogen) atoms. The predicted molar refractivity (Wildman–Crippen MR) is 75.8 cm³/mol. The third-order valence-corrected chi connectivity index (χ3v) is 3.45. The van der Waals surface area contributed by atoms with Crippen LogP contribution in [0.4, 0.5) is 4.39 Å². The van der Waals surface area contributed by atoms with Crippen LogP contribution in [0, 0.1) is 5.82 Å². The SMILES string of the molecule is COc1ccc(F)cc1C(=O)Cn1ncc(Cl)c(Cl)c1=O. The second-order valence-electron chi connectivity index (χ2n) is 4.04. The molecule has 0 aliphatic carbocycles. The highest BCUT2D eigenvalue weighted by atomic mass is 35.5. The molecule has 0 unspecified atom stereocenters. The van der Waals surface area contributed by atoms with Gasteiger partial charge in [-0.1, -0.05) is 23.2 Å². The summed E-state index contributed by atoms with van der Waals surface area (Å²) in [5.41, 5.74) is -0.690. The number of carbonyl (C=O) groups is 1. The molecule has 0 fully saturated rings. The zero-order valence-electron chi connectivity index (χ0n) is 10.8. The molecular weight excluding hydrogens is 322 g/mol. The van der Waals surface area contributed by atoms with Gasteiger partial charge in [0.1, 0.15) is 23.1 Å². The molecule has 1 heterocycles. The van der Waals surface area contributed by atoms with E-state index in [2.05, 4.69) is 5.10 Å². The highest BCUT2D eigenvalue weighted by Crippen LogP contribution is 2.20. The lowest BCUT2D eigenvalue weighted by Gasteiger charge is -2.09. The summed E-state index contributed by atoms with van der Waals surface area (Å²) in [6, 6.07) is 3.52. The number of benzene rings is 1. The number of halogens is 3. The van der Waals surface area contributed by atoms with Crippen molar-refractivity contribution in [3.05, 3.63) is 56.2 Å². The third kappa shape index (κ3) is 3.22. The molecular formula is C13H9Cl2FN2O3. The third-order valence-electron chi connectivity index (χ3n) is 2.70. The maximum atomic E-state index is 13.2. The van der Waals surface area contributed by atoms with E-state index in [0.29, 0.717) is 0 Å². The Morgan fingerprint density at radius 1 is 1.43 bits per heavy atom. The molecule has 0 aliphatic heterocycles. The minimum absolute atomic E-state index is 0.00583. The number of hydrogen-bond acceptors (Lipinski definition) is 4. The van der Waals surface area contributed by atoms with Gasteiger partial charge in [0, 0.05) is 0 Å². The van der Waals surface area contributed by atoms with Crippen molar-refractivity contribution in [2.24, 2.45) is 0 Å². The molecule has 0 bridgehead atoms. The molecule has 1 aromatic carbocycles. The average molecular weight is 331 g/mol. The fraction of sp³-hybridized carbons (Fsp3) is 0.154. The first kappa shape index (κ1) is 15.5. The zero-order valence-corrected chi connectivity index (χ0v) is 12.3. The molecule has 0 saturated heterocycles. The second kappa shape index (κ2) is 6.24. The zero-order chi connectivity index (χ0) is 15.6. The van der Waals surface area contributed by atoms with Crippen molar-refractivity contribution in [1.82, 2.24) is 9.78 Å². The minimum atomic E-state index is -0.701. The van der Waals surface area contributed by atoms with Gasteiger partial charge < -0.3 is 4.74 Å². The Bertz CT molecular complexity index is 762. The molecule has 0 aliphatic rings. The van der Waals surface area contributed by atoms with Gasteiger partial charge in [0.25, 0.3) is 5.56 Å². The van der Waals surface area contributed by atoms with Gasteiger partial charge in [-0.15, -0.1) is 0 Å². The highest BCUT2D eigenvalue weighted by Gasteiger charge is 2.16. The average Bonchev–Trinajstić information content (AvgIpc) is 2.47. The summed E-state index contributed by atoms with van der Waals surface area (Å²) in [5, 5.41) is 3.48. The highest BCUT2D eigenvalue weighted by molar-refractivity contribution is 6.41. The van der Waals surface area contributed by atoms with Crippen LogP contribution in [-0.2, 0) is 6.54 Å². The number of nitrogens with zero attached hydrogens (tertiary/aromatic N) is 2. The van der Waals surface area contributed by atoms with E-state index in [4.69, 9.17) is 27.9 Å². The molecule has 0 amide bonds. The molecule has 0 atom stereocenters. The maximum absolute atomic E-state index is 13.2. The Balaban J connectivity index is 2.37. The number of Topliss-reactive ketones (excluding diaryl/α,β-unsaturated/α-hetero) is 1. The number of rotatable bonds is 4. The maximum Gasteiger partial charge on any atom is 0.287 e. The van der Waals surface area contributed by atoms with Gasteiger partial charge in [-0.25, -0.2) is 9.07 Å². The molecule has 110 valence electrons. The first-order valence-corrected chi connectivity index (χ1v) is 6.47. The molecule has 2 aromatic rings. The molecule has 8 heteroatoms. The number of ketones is 1. The van der Waals surface area contributed by atoms with Gasteiger partial charge in [-0.2, -0.15) is 5.10 Å². The van der Waals surface area contributed by atoms with Crippen LogP contribution in [0.1, 0.15) is 10.4 Å². The van der Waals surface area contributed by atoms with Crippen molar-refractivity contribution in [1.29, 1.82) is 0 Å². The van der Waals surface area contributed by atoms with Crippen molar-refractivity contribution in [3.63, 3.8) is 0 Å². The van der Waals surface area contributed by atoms with Crippen LogP contribution in [-0.4, -0.2) is 22.7 Å². The van der Waals surface area contributed by atoms with Crippen molar-refractivity contribution < 1.29 is 13.9 Å². The number of aromatic nitrogens is 2. The normalized spacial score (nSPS) is 10.5. The fourth-order valence-electron chi connectivity index (χ4n) is 1.68. The van der Waals surface area contributed by atoms with E-state index in [1.807, 2.05) is 0 Å². The van der Waals surface area contributed by atoms with E-state index in [-0.39, 0.29) is 21.4 Å². The van der Waals surface area contributed by atoms with Crippen LogP contribution in [0.5, 0.6) is 5.75 Å². The van der Waals surface area contributed by atoms with Crippen molar-refractivity contribution in [2.75, 3.05) is 7.11 Å². The van der Waals surface area contributed by atoms with Crippen LogP contribution in [0.2, 0.25) is 10.0 Å². The molecule has 1 aromatic heterocycles. The van der Waals surface area contributed by atoms with Crippen LogP contribution in [0.3, 0.4) is 0 Å². The summed E-state index contributed by atoms with van der Waals surface area (Å²) >= 11 is 11.3. The number of carbonyl (C=O) groups excluding carboxylic acids is 1. The molecule has 0 radical (unpaired) electrons. The van der Waals surface area contributed by atoms with E-state index in [0.717, 1.165) is 16.9 Å². The van der Waals surface area contributed by atoms with Crippen LogP contribution in [0.15, 0.2) is 29.2 Å². The first-order valence-electron chi connectivity index (χ1n) is 5.72. The standard InChI is InChI=1S/C13H9Cl2FN2O3/c1-21-11-3-2-7(16)4-8(11)10(19)6-18-13(20)12(15)9(14)5-17-18/h2-5H,6H2,1H3. The number of ether oxygens (including phenoxy) is 1. The van der Waals surface area contributed by atoms with E-state index in [9.17, 15) is 14.0 Å². The number of methoxy groups -OCH3 is 1. The summed E-state index contributed by atoms with van der Waals surface area (Å²) in [6.07, 6.45) is 1.15. The Hall–Kier alpha value is -1.92. The molecule has 5 nitrogen and oxygen atoms in total. The van der Waals surface area contributed by atoms with Crippen LogP contribution >= 0.6 is 23.2 Å². The largest absolute Gasteiger partial charge is 0.496 e. The van der Waals surface area contributed by atoms with E-state index < -0.39 is 23.7 Å². The van der Waals surface area contributed by atoms with Gasteiger partial charge in [-0.3, -0.25) is 9.59 Å². The Morgan fingerprint density at radius 2 is 2.14 bits per heavy atom. The van der Waals surface area contributed by atoms with Gasteiger partial charge in [0.05, 0.1) is 23.9 Å².